The second-order valence-electron chi connectivity index (χ2n) is 4.67. The van der Waals surface area contributed by atoms with Crippen molar-refractivity contribution in [2.24, 2.45) is 0 Å². The maximum absolute atomic E-state index is 12.9. The molecule has 0 radical (unpaired) electrons. The van der Waals surface area contributed by atoms with Crippen molar-refractivity contribution in [1.82, 2.24) is 14.8 Å². The fraction of sp³-hybridized carbons (Fsp3) is 0.0625. The Morgan fingerprint density at radius 3 is 2.61 bits per heavy atom. The number of anilines is 1. The van der Waals surface area contributed by atoms with E-state index in [1.54, 1.807) is 36.5 Å². The van der Waals surface area contributed by atoms with Gasteiger partial charge in [0.15, 0.2) is 5.69 Å². The zero-order valence-electron chi connectivity index (χ0n) is 12.2. The summed E-state index contributed by atoms with van der Waals surface area (Å²) in [5.41, 5.74) is 1.44. The van der Waals surface area contributed by atoms with Gasteiger partial charge in [0.05, 0.1) is 24.7 Å². The number of carbonyl (C=O) groups is 1. The van der Waals surface area contributed by atoms with Crippen LogP contribution in [0, 0.1) is 5.82 Å². The second-order valence-corrected chi connectivity index (χ2v) is 4.67. The molecule has 0 fully saturated rings. The van der Waals surface area contributed by atoms with Crippen LogP contribution in [-0.4, -0.2) is 27.8 Å². The molecule has 0 unspecified atom stereocenters. The minimum Gasteiger partial charge on any atom is -0.481 e. The first-order valence-electron chi connectivity index (χ1n) is 6.79. The first kappa shape index (κ1) is 14.7. The molecule has 116 valence electrons. The van der Waals surface area contributed by atoms with Crippen molar-refractivity contribution in [1.29, 1.82) is 0 Å². The predicted molar refractivity (Wildman–Crippen MR) is 82.3 cm³/mol. The number of aromatic nitrogens is 3. The summed E-state index contributed by atoms with van der Waals surface area (Å²) >= 11 is 0. The molecule has 0 atom stereocenters. The predicted octanol–water partition coefficient (Wildman–Crippen LogP) is 2.67. The third kappa shape index (κ3) is 3.34. The van der Waals surface area contributed by atoms with Gasteiger partial charge in [-0.15, -0.1) is 0 Å². The number of methoxy groups -OCH3 is 1. The lowest BCUT2D eigenvalue weighted by Crippen LogP contribution is -2.13. The Morgan fingerprint density at radius 1 is 1.17 bits per heavy atom. The molecule has 0 aliphatic rings. The van der Waals surface area contributed by atoms with Crippen molar-refractivity contribution < 1.29 is 13.9 Å². The molecular formula is C16H13FN4O2. The van der Waals surface area contributed by atoms with Gasteiger partial charge in [-0.25, -0.2) is 14.1 Å². The van der Waals surface area contributed by atoms with Crippen LogP contribution in [0.2, 0.25) is 0 Å². The Morgan fingerprint density at radius 2 is 1.96 bits per heavy atom. The summed E-state index contributed by atoms with van der Waals surface area (Å²) in [5.74, 6) is -0.229. The van der Waals surface area contributed by atoms with Gasteiger partial charge >= 0.3 is 0 Å². The number of halogens is 1. The number of rotatable bonds is 4. The molecule has 1 amide bonds. The van der Waals surface area contributed by atoms with Crippen LogP contribution in [-0.2, 0) is 0 Å². The maximum Gasteiger partial charge on any atom is 0.276 e. The van der Waals surface area contributed by atoms with E-state index in [4.69, 9.17) is 4.74 Å². The Bertz CT molecular complexity index is 813. The van der Waals surface area contributed by atoms with Crippen LogP contribution in [0.15, 0.2) is 54.9 Å². The van der Waals surface area contributed by atoms with E-state index < -0.39 is 0 Å². The monoisotopic (exact) mass is 312 g/mol. The standard InChI is InChI=1S/C16H13FN4O2/c1-23-15-7-4-12(10-18-15)19-16(22)14-8-9-21(20-14)13-5-2-11(17)3-6-13/h2-10H,1H3,(H,19,22). The van der Waals surface area contributed by atoms with Gasteiger partial charge in [-0.3, -0.25) is 4.79 Å². The SMILES string of the molecule is COc1ccc(NC(=O)c2ccn(-c3ccc(F)cc3)n2)cn1. The maximum atomic E-state index is 12.9. The summed E-state index contributed by atoms with van der Waals surface area (Å²) in [6.45, 7) is 0. The zero-order valence-corrected chi connectivity index (χ0v) is 12.2. The number of carbonyl (C=O) groups excluding carboxylic acids is 1. The van der Waals surface area contributed by atoms with Gasteiger partial charge in [0.2, 0.25) is 5.88 Å². The number of pyridine rings is 1. The largest absolute Gasteiger partial charge is 0.481 e. The second kappa shape index (κ2) is 6.27. The summed E-state index contributed by atoms with van der Waals surface area (Å²) in [5, 5.41) is 6.87. The summed E-state index contributed by atoms with van der Waals surface area (Å²) in [7, 11) is 1.52. The average Bonchev–Trinajstić information content (AvgIpc) is 3.06. The lowest BCUT2D eigenvalue weighted by Gasteiger charge is -2.04. The molecule has 2 heterocycles. The van der Waals surface area contributed by atoms with Crippen LogP contribution >= 0.6 is 0 Å². The van der Waals surface area contributed by atoms with Gasteiger partial charge in [0, 0.05) is 12.3 Å². The smallest absolute Gasteiger partial charge is 0.276 e. The molecule has 23 heavy (non-hydrogen) atoms. The van der Waals surface area contributed by atoms with Gasteiger partial charge in [0.25, 0.3) is 5.91 Å². The van der Waals surface area contributed by atoms with Crippen LogP contribution in [0.25, 0.3) is 5.69 Å². The number of hydrogen-bond donors (Lipinski definition) is 1. The van der Waals surface area contributed by atoms with Gasteiger partial charge in [-0.2, -0.15) is 5.10 Å². The molecule has 7 heteroatoms. The highest BCUT2D eigenvalue weighted by Crippen LogP contribution is 2.13. The topological polar surface area (TPSA) is 69.0 Å². The number of nitrogens with one attached hydrogen (secondary N) is 1. The normalized spacial score (nSPS) is 10.3. The molecule has 3 rings (SSSR count). The van der Waals surface area contributed by atoms with Crippen LogP contribution < -0.4 is 10.1 Å². The third-order valence-electron chi connectivity index (χ3n) is 3.12. The third-order valence-corrected chi connectivity index (χ3v) is 3.12. The summed E-state index contributed by atoms with van der Waals surface area (Å²) in [6, 6.07) is 10.7. The zero-order chi connectivity index (χ0) is 16.2. The van der Waals surface area contributed by atoms with Crippen LogP contribution in [0.3, 0.4) is 0 Å². The van der Waals surface area contributed by atoms with Crippen molar-refractivity contribution in [2.45, 2.75) is 0 Å². The van der Waals surface area contributed by atoms with E-state index in [1.165, 1.54) is 30.1 Å². The first-order chi connectivity index (χ1) is 11.2. The average molecular weight is 312 g/mol. The fourth-order valence-corrected chi connectivity index (χ4v) is 1.95. The Labute approximate surface area is 131 Å². The molecule has 0 spiro atoms. The molecule has 0 aliphatic heterocycles. The summed E-state index contributed by atoms with van der Waals surface area (Å²) < 4.78 is 19.4. The molecule has 0 saturated carbocycles. The summed E-state index contributed by atoms with van der Waals surface area (Å²) in [4.78, 5) is 16.2. The minimum atomic E-state index is -0.363. The number of nitrogens with zero attached hydrogens (tertiary/aromatic N) is 3. The quantitative estimate of drug-likeness (QED) is 0.804. The summed E-state index contributed by atoms with van der Waals surface area (Å²) in [6.07, 6.45) is 3.13. The molecule has 3 aromatic rings. The number of amides is 1. The van der Waals surface area contributed by atoms with E-state index >= 15 is 0 Å². The van der Waals surface area contributed by atoms with Gasteiger partial charge in [-0.05, 0) is 36.4 Å². The molecule has 1 N–H and O–H groups in total. The fourth-order valence-electron chi connectivity index (χ4n) is 1.95. The first-order valence-corrected chi connectivity index (χ1v) is 6.79. The van der Waals surface area contributed by atoms with Crippen LogP contribution in [0.1, 0.15) is 10.5 Å². The van der Waals surface area contributed by atoms with E-state index in [-0.39, 0.29) is 17.4 Å². The molecular weight excluding hydrogens is 299 g/mol. The van der Waals surface area contributed by atoms with Crippen molar-refractivity contribution in [3.63, 3.8) is 0 Å². The van der Waals surface area contributed by atoms with Crippen molar-refractivity contribution in [3.8, 4) is 11.6 Å². The van der Waals surface area contributed by atoms with Crippen molar-refractivity contribution >= 4 is 11.6 Å². The molecule has 2 aromatic heterocycles. The molecule has 6 nitrogen and oxygen atoms in total. The van der Waals surface area contributed by atoms with Crippen molar-refractivity contribution in [3.05, 3.63) is 66.4 Å². The lowest BCUT2D eigenvalue weighted by atomic mass is 10.3. The van der Waals surface area contributed by atoms with E-state index in [1.807, 2.05) is 0 Å². The van der Waals surface area contributed by atoms with E-state index in [0.29, 0.717) is 17.3 Å². The molecule has 0 saturated heterocycles. The Hall–Kier alpha value is -3.22. The van der Waals surface area contributed by atoms with Gasteiger partial charge in [0.1, 0.15) is 5.82 Å². The number of hydrogen-bond acceptors (Lipinski definition) is 4. The molecule has 0 bridgehead atoms. The van der Waals surface area contributed by atoms with Gasteiger partial charge < -0.3 is 10.1 Å². The van der Waals surface area contributed by atoms with E-state index in [0.717, 1.165) is 0 Å². The van der Waals surface area contributed by atoms with Gasteiger partial charge in [-0.1, -0.05) is 0 Å². The van der Waals surface area contributed by atoms with E-state index in [9.17, 15) is 9.18 Å². The molecule has 0 aliphatic carbocycles. The van der Waals surface area contributed by atoms with E-state index in [2.05, 4.69) is 15.4 Å². The number of benzene rings is 1. The highest BCUT2D eigenvalue weighted by atomic mass is 19.1. The molecule has 1 aromatic carbocycles. The Balaban J connectivity index is 1.74. The Kier molecular flexibility index (Phi) is 4.01. The number of ether oxygens (including phenoxy) is 1. The highest BCUT2D eigenvalue weighted by Gasteiger charge is 2.11. The van der Waals surface area contributed by atoms with Crippen LogP contribution in [0.4, 0.5) is 10.1 Å². The minimum absolute atomic E-state index is 0.241. The lowest BCUT2D eigenvalue weighted by molar-refractivity contribution is 0.102. The highest BCUT2D eigenvalue weighted by molar-refractivity contribution is 6.02. The van der Waals surface area contributed by atoms with Crippen LogP contribution in [0.5, 0.6) is 5.88 Å². The van der Waals surface area contributed by atoms with Crippen molar-refractivity contribution in [2.75, 3.05) is 12.4 Å².